The highest BCUT2D eigenvalue weighted by atomic mass is 32.2. The number of hydrogen-bond donors (Lipinski definition) is 1. The van der Waals surface area contributed by atoms with Crippen LogP contribution in [0.5, 0.6) is 0 Å². The fourth-order valence-electron chi connectivity index (χ4n) is 1.04. The van der Waals surface area contributed by atoms with Crippen LogP contribution in [0.15, 0.2) is 5.16 Å². The lowest BCUT2D eigenvalue weighted by Gasteiger charge is -2.01. The van der Waals surface area contributed by atoms with Gasteiger partial charge in [0.2, 0.25) is 5.95 Å². The van der Waals surface area contributed by atoms with Crippen molar-refractivity contribution in [3.63, 3.8) is 0 Å². The number of nitrogens with zero attached hydrogens (tertiary/aromatic N) is 3. The molecule has 0 atom stereocenters. The Labute approximate surface area is 99.5 Å². The molecule has 1 aromatic rings. The normalized spacial score (nSPS) is 11.9. The Bertz CT molecular complexity index is 441. The van der Waals surface area contributed by atoms with E-state index in [1.165, 1.54) is 11.8 Å². The monoisotopic (exact) mass is 264 g/mol. The first kappa shape index (κ1) is 13.3. The van der Waals surface area contributed by atoms with E-state index in [0.717, 1.165) is 0 Å². The highest BCUT2D eigenvalue weighted by Crippen LogP contribution is 2.17. The Balaban J connectivity index is 2.34. The Morgan fingerprint density at radius 2 is 2.12 bits per heavy atom. The molecule has 0 aliphatic heterocycles. The van der Waals surface area contributed by atoms with Gasteiger partial charge in [-0.1, -0.05) is 18.7 Å². The number of nitrogens with two attached hydrogens (primary N) is 1. The number of thioether (sulfide) groups is 1. The van der Waals surface area contributed by atoms with Gasteiger partial charge in [-0.05, 0) is 6.42 Å². The summed E-state index contributed by atoms with van der Waals surface area (Å²) < 4.78 is 24.1. The molecule has 6 nitrogen and oxygen atoms in total. The molecule has 0 radical (unpaired) electrons. The van der Waals surface area contributed by atoms with Crippen LogP contribution in [0.3, 0.4) is 0 Å². The van der Waals surface area contributed by atoms with Crippen LogP contribution in [-0.4, -0.2) is 40.4 Å². The van der Waals surface area contributed by atoms with E-state index >= 15 is 0 Å². The Morgan fingerprint density at radius 3 is 2.62 bits per heavy atom. The van der Waals surface area contributed by atoms with Crippen LogP contribution >= 0.6 is 11.8 Å². The summed E-state index contributed by atoms with van der Waals surface area (Å²) in [6.45, 7) is 1.66. The third kappa shape index (κ3) is 3.67. The lowest BCUT2D eigenvalue weighted by Crippen LogP contribution is -2.09. The molecule has 0 saturated carbocycles. The largest absolute Gasteiger partial charge is 0.368 e. The van der Waals surface area contributed by atoms with Crippen molar-refractivity contribution >= 4 is 27.5 Å². The van der Waals surface area contributed by atoms with Gasteiger partial charge in [-0.3, -0.25) is 4.57 Å². The van der Waals surface area contributed by atoms with Gasteiger partial charge >= 0.3 is 0 Å². The second-order valence-electron chi connectivity index (χ2n) is 3.34. The molecule has 0 aliphatic carbocycles. The summed E-state index contributed by atoms with van der Waals surface area (Å²) in [6.07, 6.45) is 0.619. The smallest absolute Gasteiger partial charge is 0.222 e. The summed E-state index contributed by atoms with van der Waals surface area (Å²) in [5.41, 5.74) is 5.52. The third-order valence-electron chi connectivity index (χ3n) is 2.14. The highest BCUT2D eigenvalue weighted by molar-refractivity contribution is 7.99. The van der Waals surface area contributed by atoms with E-state index in [1.807, 2.05) is 0 Å². The van der Waals surface area contributed by atoms with Crippen molar-refractivity contribution < 1.29 is 8.42 Å². The van der Waals surface area contributed by atoms with E-state index < -0.39 is 9.84 Å². The van der Waals surface area contributed by atoms with Crippen molar-refractivity contribution in [1.29, 1.82) is 0 Å². The lowest BCUT2D eigenvalue weighted by atomic mass is 10.6. The zero-order valence-electron chi connectivity index (χ0n) is 9.38. The van der Waals surface area contributed by atoms with Crippen molar-refractivity contribution in [2.75, 3.05) is 23.0 Å². The Kier molecular flexibility index (Phi) is 4.60. The van der Waals surface area contributed by atoms with Crippen molar-refractivity contribution in [1.82, 2.24) is 14.8 Å². The van der Waals surface area contributed by atoms with Crippen LogP contribution in [-0.2, 0) is 16.9 Å². The minimum absolute atomic E-state index is 0.203. The molecule has 92 valence electrons. The van der Waals surface area contributed by atoms with Crippen molar-refractivity contribution in [2.24, 2.45) is 7.05 Å². The maximum absolute atomic E-state index is 11.2. The van der Waals surface area contributed by atoms with Gasteiger partial charge in [0.05, 0.1) is 5.75 Å². The van der Waals surface area contributed by atoms with E-state index in [0.29, 0.717) is 23.3 Å². The van der Waals surface area contributed by atoms with Gasteiger partial charge in [0.25, 0.3) is 0 Å². The second-order valence-corrected chi connectivity index (χ2v) is 6.87. The first-order valence-electron chi connectivity index (χ1n) is 4.94. The van der Waals surface area contributed by atoms with Gasteiger partial charge in [0, 0.05) is 18.6 Å². The van der Waals surface area contributed by atoms with Crippen molar-refractivity contribution in [2.45, 2.75) is 18.5 Å². The summed E-state index contributed by atoms with van der Waals surface area (Å²) >= 11 is 1.46. The quantitative estimate of drug-likeness (QED) is 0.587. The van der Waals surface area contributed by atoms with Crippen LogP contribution < -0.4 is 5.73 Å². The fraction of sp³-hybridized carbons (Fsp3) is 0.750. The topological polar surface area (TPSA) is 90.9 Å². The first-order valence-corrected chi connectivity index (χ1v) is 7.75. The molecule has 0 fully saturated rings. The van der Waals surface area contributed by atoms with Gasteiger partial charge in [-0.2, -0.15) is 0 Å². The summed E-state index contributed by atoms with van der Waals surface area (Å²) in [4.78, 5) is 0. The number of hydrogen-bond acceptors (Lipinski definition) is 6. The Morgan fingerprint density at radius 1 is 1.44 bits per heavy atom. The SMILES string of the molecule is CCS(=O)(=O)CCCSc1nnc(N)n1C. The van der Waals surface area contributed by atoms with Gasteiger partial charge < -0.3 is 5.73 Å². The van der Waals surface area contributed by atoms with Crippen molar-refractivity contribution in [3.8, 4) is 0 Å². The van der Waals surface area contributed by atoms with Gasteiger partial charge in [-0.15, -0.1) is 10.2 Å². The van der Waals surface area contributed by atoms with E-state index in [4.69, 9.17) is 5.73 Å². The molecule has 0 amide bonds. The molecule has 2 N–H and O–H groups in total. The molecule has 0 aromatic carbocycles. The second kappa shape index (κ2) is 5.53. The molecule has 16 heavy (non-hydrogen) atoms. The number of sulfone groups is 1. The maximum atomic E-state index is 11.2. The number of rotatable bonds is 6. The standard InChI is InChI=1S/C8H16N4O2S2/c1-3-16(13,14)6-4-5-15-8-11-10-7(9)12(8)2/h3-6H2,1-2H3,(H2,9,10). The molecule has 1 aromatic heterocycles. The minimum Gasteiger partial charge on any atom is -0.368 e. The van der Waals surface area contributed by atoms with Crippen molar-refractivity contribution in [3.05, 3.63) is 0 Å². The predicted octanol–water partition coefficient (Wildman–Crippen LogP) is 0.314. The number of aromatic nitrogens is 3. The lowest BCUT2D eigenvalue weighted by molar-refractivity contribution is 0.596. The molecule has 0 saturated heterocycles. The molecule has 0 bridgehead atoms. The third-order valence-corrected chi connectivity index (χ3v) is 5.04. The average Bonchev–Trinajstić information content (AvgIpc) is 2.56. The summed E-state index contributed by atoms with van der Waals surface area (Å²) in [5.74, 6) is 1.49. The number of nitrogen functional groups attached to an aromatic ring is 1. The number of anilines is 1. The molecule has 0 aliphatic rings. The van der Waals surface area contributed by atoms with Crippen LogP contribution in [0, 0.1) is 0 Å². The van der Waals surface area contributed by atoms with Gasteiger partial charge in [0.15, 0.2) is 5.16 Å². The van der Waals surface area contributed by atoms with Crippen LogP contribution in [0.25, 0.3) is 0 Å². The molecule has 1 rings (SSSR count). The molecule has 1 heterocycles. The fourth-order valence-corrected chi connectivity index (χ4v) is 2.95. The average molecular weight is 264 g/mol. The predicted molar refractivity (Wildman–Crippen MR) is 65.1 cm³/mol. The first-order chi connectivity index (χ1) is 7.46. The minimum atomic E-state index is -2.86. The summed E-state index contributed by atoms with van der Waals surface area (Å²) in [6, 6.07) is 0. The zero-order chi connectivity index (χ0) is 12.2. The van der Waals surface area contributed by atoms with E-state index in [2.05, 4.69) is 10.2 Å². The molecular weight excluding hydrogens is 248 g/mol. The maximum Gasteiger partial charge on any atom is 0.222 e. The molecule has 0 unspecified atom stereocenters. The zero-order valence-corrected chi connectivity index (χ0v) is 11.0. The highest BCUT2D eigenvalue weighted by Gasteiger charge is 2.09. The molecule has 8 heteroatoms. The van der Waals surface area contributed by atoms with Gasteiger partial charge in [-0.25, -0.2) is 8.42 Å². The van der Waals surface area contributed by atoms with E-state index in [-0.39, 0.29) is 11.5 Å². The van der Waals surface area contributed by atoms with E-state index in [9.17, 15) is 8.42 Å². The summed E-state index contributed by atoms with van der Waals surface area (Å²) in [5, 5.41) is 8.30. The molecular formula is C8H16N4O2S2. The Hall–Kier alpha value is -0.760. The van der Waals surface area contributed by atoms with Crippen LogP contribution in [0.4, 0.5) is 5.95 Å². The molecule has 0 spiro atoms. The van der Waals surface area contributed by atoms with Crippen LogP contribution in [0.1, 0.15) is 13.3 Å². The van der Waals surface area contributed by atoms with Gasteiger partial charge in [0.1, 0.15) is 9.84 Å². The van der Waals surface area contributed by atoms with E-state index in [1.54, 1.807) is 18.5 Å². The summed E-state index contributed by atoms with van der Waals surface area (Å²) in [7, 11) is -1.08. The van der Waals surface area contributed by atoms with Crippen LogP contribution in [0.2, 0.25) is 0 Å².